The number of halogens is 3. The third-order valence-corrected chi connectivity index (χ3v) is 4.31. The highest BCUT2D eigenvalue weighted by Gasteiger charge is 2.26. The van der Waals surface area contributed by atoms with Gasteiger partial charge in [0.1, 0.15) is 11.6 Å². The summed E-state index contributed by atoms with van der Waals surface area (Å²) >= 11 is 0. The van der Waals surface area contributed by atoms with Gasteiger partial charge in [-0.05, 0) is 29.8 Å². The van der Waals surface area contributed by atoms with Crippen LogP contribution in [0.5, 0.6) is 5.75 Å². The summed E-state index contributed by atoms with van der Waals surface area (Å²) in [6, 6.07) is 12.1. The van der Waals surface area contributed by atoms with Crippen LogP contribution in [0, 0.1) is 5.82 Å². The molecular formula is C19H20F3N3O2. The highest BCUT2D eigenvalue weighted by atomic mass is 19.3. The van der Waals surface area contributed by atoms with Gasteiger partial charge in [-0.25, -0.2) is 4.39 Å². The maximum Gasteiger partial charge on any atom is 0.387 e. The molecule has 1 heterocycles. The van der Waals surface area contributed by atoms with E-state index in [1.54, 1.807) is 18.2 Å². The first-order chi connectivity index (χ1) is 13.0. The number of ether oxygens (including phenoxy) is 1. The van der Waals surface area contributed by atoms with Gasteiger partial charge in [0.2, 0.25) is 5.91 Å². The minimum atomic E-state index is -2.98. The summed E-state index contributed by atoms with van der Waals surface area (Å²) < 4.78 is 43.0. The van der Waals surface area contributed by atoms with Gasteiger partial charge >= 0.3 is 6.61 Å². The van der Waals surface area contributed by atoms with Crippen LogP contribution in [0.25, 0.3) is 0 Å². The minimum absolute atomic E-state index is 0.0475. The molecule has 0 bridgehead atoms. The molecular weight excluding hydrogens is 359 g/mol. The highest BCUT2D eigenvalue weighted by Crippen LogP contribution is 2.26. The number of anilines is 1. The molecule has 2 aromatic carbocycles. The number of amides is 1. The Balaban J connectivity index is 1.69. The van der Waals surface area contributed by atoms with Gasteiger partial charge in [-0.15, -0.1) is 0 Å². The van der Waals surface area contributed by atoms with Crippen LogP contribution in [0.2, 0.25) is 0 Å². The SMILES string of the molecule is O=C(CN1CCNCC1c1cccc(F)c1)Nc1ccccc1OC(F)F. The van der Waals surface area contributed by atoms with E-state index in [-0.39, 0.29) is 35.7 Å². The van der Waals surface area contributed by atoms with E-state index in [2.05, 4.69) is 15.4 Å². The van der Waals surface area contributed by atoms with Crippen molar-refractivity contribution in [2.75, 3.05) is 31.5 Å². The van der Waals surface area contributed by atoms with Gasteiger partial charge in [0.15, 0.2) is 0 Å². The molecule has 1 aliphatic heterocycles. The Hall–Kier alpha value is -2.58. The van der Waals surface area contributed by atoms with E-state index in [0.29, 0.717) is 19.6 Å². The molecule has 0 aromatic heterocycles. The number of piperazine rings is 1. The zero-order valence-electron chi connectivity index (χ0n) is 14.5. The van der Waals surface area contributed by atoms with Crippen LogP contribution in [-0.4, -0.2) is 43.6 Å². The van der Waals surface area contributed by atoms with Crippen LogP contribution in [0.1, 0.15) is 11.6 Å². The van der Waals surface area contributed by atoms with E-state index in [9.17, 15) is 18.0 Å². The fraction of sp³-hybridized carbons (Fsp3) is 0.316. The fourth-order valence-corrected chi connectivity index (χ4v) is 3.12. The third-order valence-electron chi connectivity index (χ3n) is 4.31. The number of carbonyl (C=O) groups is 1. The van der Waals surface area contributed by atoms with Crippen molar-refractivity contribution >= 4 is 11.6 Å². The standard InChI is InChI=1S/C19H20F3N3O2/c20-14-5-3-4-13(10-14)16-11-23-8-9-25(16)12-18(26)24-15-6-1-2-7-17(15)27-19(21)22/h1-7,10,16,19,23H,8-9,11-12H2,(H,24,26). The molecule has 27 heavy (non-hydrogen) atoms. The molecule has 5 nitrogen and oxygen atoms in total. The number of hydrogen-bond donors (Lipinski definition) is 2. The van der Waals surface area contributed by atoms with Crippen LogP contribution in [0.4, 0.5) is 18.9 Å². The zero-order chi connectivity index (χ0) is 19.2. The lowest BCUT2D eigenvalue weighted by atomic mass is 10.0. The van der Waals surface area contributed by atoms with Crippen molar-refractivity contribution in [2.45, 2.75) is 12.7 Å². The summed E-state index contributed by atoms with van der Waals surface area (Å²) in [5.74, 6) is -0.785. The lowest BCUT2D eigenvalue weighted by Crippen LogP contribution is -2.48. The molecule has 144 valence electrons. The zero-order valence-corrected chi connectivity index (χ0v) is 14.5. The Morgan fingerprint density at radius 2 is 2.07 bits per heavy atom. The van der Waals surface area contributed by atoms with Crippen LogP contribution >= 0.6 is 0 Å². The second-order valence-electron chi connectivity index (χ2n) is 6.17. The van der Waals surface area contributed by atoms with Gasteiger partial charge in [0.05, 0.1) is 12.2 Å². The molecule has 0 aliphatic carbocycles. The van der Waals surface area contributed by atoms with Gasteiger partial charge in [-0.3, -0.25) is 9.69 Å². The topological polar surface area (TPSA) is 53.6 Å². The Kier molecular flexibility index (Phi) is 6.31. The Bertz CT molecular complexity index is 788. The van der Waals surface area contributed by atoms with Gasteiger partial charge in [0, 0.05) is 25.7 Å². The number of para-hydroxylation sites is 2. The maximum atomic E-state index is 13.6. The molecule has 2 N–H and O–H groups in total. The maximum absolute atomic E-state index is 13.6. The van der Waals surface area contributed by atoms with Gasteiger partial charge < -0.3 is 15.4 Å². The van der Waals surface area contributed by atoms with Crippen LogP contribution in [0.3, 0.4) is 0 Å². The summed E-state index contributed by atoms with van der Waals surface area (Å²) in [6.07, 6.45) is 0. The number of benzene rings is 2. The number of rotatable bonds is 6. The molecule has 1 unspecified atom stereocenters. The summed E-state index contributed by atoms with van der Waals surface area (Å²) in [6.45, 7) is -1.05. The smallest absolute Gasteiger partial charge is 0.387 e. The number of hydrogen-bond acceptors (Lipinski definition) is 4. The van der Waals surface area contributed by atoms with Gasteiger partial charge in [-0.2, -0.15) is 8.78 Å². The summed E-state index contributed by atoms with van der Waals surface area (Å²) in [5, 5.41) is 5.85. The van der Waals surface area contributed by atoms with E-state index >= 15 is 0 Å². The molecule has 1 aliphatic rings. The second-order valence-corrected chi connectivity index (χ2v) is 6.17. The first-order valence-electron chi connectivity index (χ1n) is 8.57. The van der Waals surface area contributed by atoms with E-state index in [0.717, 1.165) is 5.56 Å². The number of carbonyl (C=O) groups excluding carboxylic acids is 1. The van der Waals surface area contributed by atoms with Crippen molar-refractivity contribution in [3.05, 3.63) is 59.9 Å². The Morgan fingerprint density at radius 1 is 1.26 bits per heavy atom. The van der Waals surface area contributed by atoms with E-state index in [1.165, 1.54) is 24.3 Å². The van der Waals surface area contributed by atoms with Gasteiger partial charge in [-0.1, -0.05) is 24.3 Å². The van der Waals surface area contributed by atoms with Crippen LogP contribution < -0.4 is 15.4 Å². The molecule has 8 heteroatoms. The van der Waals surface area contributed by atoms with E-state index < -0.39 is 6.61 Å². The first-order valence-corrected chi connectivity index (χ1v) is 8.57. The molecule has 1 atom stereocenters. The van der Waals surface area contributed by atoms with Crippen molar-refractivity contribution < 1.29 is 22.7 Å². The number of nitrogens with zero attached hydrogens (tertiary/aromatic N) is 1. The normalized spacial score (nSPS) is 17.7. The van der Waals surface area contributed by atoms with Gasteiger partial charge in [0.25, 0.3) is 0 Å². The summed E-state index contributed by atoms with van der Waals surface area (Å²) in [7, 11) is 0. The summed E-state index contributed by atoms with van der Waals surface area (Å²) in [4.78, 5) is 14.4. The first kappa shape index (κ1) is 19.2. The van der Waals surface area contributed by atoms with E-state index in [1.807, 2.05) is 11.0 Å². The predicted octanol–water partition coefficient (Wildman–Crippen LogP) is 3.01. The lowest BCUT2D eigenvalue weighted by molar-refractivity contribution is -0.118. The van der Waals surface area contributed by atoms with E-state index in [4.69, 9.17) is 0 Å². The summed E-state index contributed by atoms with van der Waals surface area (Å²) in [5.41, 5.74) is 0.955. The van der Waals surface area contributed by atoms with Crippen molar-refractivity contribution in [1.29, 1.82) is 0 Å². The lowest BCUT2D eigenvalue weighted by Gasteiger charge is -2.36. The predicted molar refractivity (Wildman–Crippen MR) is 95.3 cm³/mol. The molecule has 0 spiro atoms. The number of alkyl halides is 2. The van der Waals surface area contributed by atoms with Crippen LogP contribution in [-0.2, 0) is 4.79 Å². The molecule has 2 aromatic rings. The minimum Gasteiger partial charge on any atom is -0.433 e. The largest absolute Gasteiger partial charge is 0.433 e. The molecule has 0 saturated carbocycles. The van der Waals surface area contributed by atoms with Crippen molar-refractivity contribution in [1.82, 2.24) is 10.2 Å². The molecule has 3 rings (SSSR count). The van der Waals surface area contributed by atoms with Crippen molar-refractivity contribution in [3.63, 3.8) is 0 Å². The third kappa shape index (κ3) is 5.21. The monoisotopic (exact) mass is 379 g/mol. The Morgan fingerprint density at radius 3 is 2.85 bits per heavy atom. The second kappa shape index (κ2) is 8.88. The van der Waals surface area contributed by atoms with Crippen molar-refractivity contribution in [2.24, 2.45) is 0 Å². The highest BCUT2D eigenvalue weighted by molar-refractivity contribution is 5.93. The van der Waals surface area contributed by atoms with Crippen molar-refractivity contribution in [3.8, 4) is 5.75 Å². The average Bonchev–Trinajstić information content (AvgIpc) is 2.63. The quantitative estimate of drug-likeness (QED) is 0.810. The average molecular weight is 379 g/mol. The molecule has 1 amide bonds. The molecule has 0 radical (unpaired) electrons. The fourth-order valence-electron chi connectivity index (χ4n) is 3.12. The molecule has 1 saturated heterocycles. The Labute approximate surface area is 155 Å². The molecule has 1 fully saturated rings. The van der Waals surface area contributed by atoms with Crippen LogP contribution in [0.15, 0.2) is 48.5 Å². The number of nitrogens with one attached hydrogen (secondary N) is 2.